The molecule has 1 aliphatic heterocycles. The lowest BCUT2D eigenvalue weighted by Gasteiger charge is -2.48. The summed E-state index contributed by atoms with van der Waals surface area (Å²) in [5.74, 6) is -3.72. The molecule has 11 heteroatoms. The van der Waals surface area contributed by atoms with Gasteiger partial charge in [-0.2, -0.15) is 13.2 Å². The molecule has 0 unspecified atom stereocenters. The molecule has 1 aromatic rings. The number of rotatable bonds is 4. The van der Waals surface area contributed by atoms with E-state index in [0.717, 1.165) is 25.7 Å². The third kappa shape index (κ3) is 5.66. The molecule has 2 aliphatic rings. The van der Waals surface area contributed by atoms with Crippen molar-refractivity contribution in [3.63, 3.8) is 0 Å². The van der Waals surface area contributed by atoms with Gasteiger partial charge < -0.3 is 20.4 Å². The van der Waals surface area contributed by atoms with Crippen LogP contribution in [0, 0.1) is 0 Å². The molecule has 3 rings (SSSR count). The number of nitrogens with one attached hydrogen (secondary N) is 1. The van der Waals surface area contributed by atoms with Crippen molar-refractivity contribution in [3.8, 4) is 0 Å². The number of aliphatic carboxylic acids is 2. The van der Waals surface area contributed by atoms with Crippen molar-refractivity contribution in [1.29, 1.82) is 0 Å². The van der Waals surface area contributed by atoms with Crippen LogP contribution in [0.1, 0.15) is 31.2 Å². The van der Waals surface area contributed by atoms with Crippen LogP contribution in [0.3, 0.4) is 0 Å². The highest BCUT2D eigenvalue weighted by atomic mass is 19.4. The van der Waals surface area contributed by atoms with Gasteiger partial charge in [-0.3, -0.25) is 9.69 Å². The Bertz CT molecular complexity index is 806. The van der Waals surface area contributed by atoms with Gasteiger partial charge in [0.1, 0.15) is 6.54 Å². The third-order valence-electron chi connectivity index (χ3n) is 5.92. The van der Waals surface area contributed by atoms with Crippen molar-refractivity contribution in [1.82, 2.24) is 15.1 Å². The van der Waals surface area contributed by atoms with E-state index in [0.29, 0.717) is 6.54 Å². The van der Waals surface area contributed by atoms with Gasteiger partial charge in [-0.25, -0.2) is 9.59 Å². The van der Waals surface area contributed by atoms with Gasteiger partial charge in [0.2, 0.25) is 0 Å². The lowest BCUT2D eigenvalue weighted by Crippen LogP contribution is -2.54. The normalized spacial score (nSPS) is 25.7. The standard InChI is InChI=1S/C18H25N3O3.C2HF3O2/c1-20(2)18(14-6-4-3-5-7-14)10-8-17(9-11-18)13-21(12-15(22)23)16(24)19-17;3-2(4,5)1(6)7/h3-7H,8-13H2,1-2H3,(H,19,24)(H,22,23);(H,6,7)/t17-,18-;. The molecule has 1 aromatic carbocycles. The van der Waals surface area contributed by atoms with Gasteiger partial charge >= 0.3 is 24.1 Å². The number of amides is 2. The van der Waals surface area contributed by atoms with E-state index in [4.69, 9.17) is 15.0 Å². The Morgan fingerprint density at radius 2 is 1.61 bits per heavy atom. The predicted molar refractivity (Wildman–Crippen MR) is 104 cm³/mol. The quantitative estimate of drug-likeness (QED) is 0.657. The van der Waals surface area contributed by atoms with Crippen molar-refractivity contribution in [3.05, 3.63) is 35.9 Å². The maximum Gasteiger partial charge on any atom is 0.490 e. The Kier molecular flexibility index (Phi) is 7.20. The first-order chi connectivity index (χ1) is 14.3. The lowest BCUT2D eigenvalue weighted by atomic mass is 9.69. The number of carbonyl (C=O) groups excluding carboxylic acids is 1. The number of alkyl halides is 3. The first-order valence-electron chi connectivity index (χ1n) is 9.63. The first kappa shape index (κ1) is 24.4. The molecule has 172 valence electrons. The Labute approximate surface area is 177 Å². The Hall–Kier alpha value is -2.82. The average Bonchev–Trinajstić information content (AvgIpc) is 2.97. The first-order valence-corrected chi connectivity index (χ1v) is 9.63. The van der Waals surface area contributed by atoms with Crippen LogP contribution in [0.5, 0.6) is 0 Å². The lowest BCUT2D eigenvalue weighted by molar-refractivity contribution is -0.192. The number of halogens is 3. The highest BCUT2D eigenvalue weighted by molar-refractivity contribution is 5.82. The Morgan fingerprint density at radius 1 is 1.10 bits per heavy atom. The van der Waals surface area contributed by atoms with E-state index in [1.54, 1.807) is 0 Å². The van der Waals surface area contributed by atoms with Crippen LogP contribution in [0.25, 0.3) is 0 Å². The molecule has 0 radical (unpaired) electrons. The van der Waals surface area contributed by atoms with Crippen LogP contribution in [0.4, 0.5) is 18.0 Å². The van der Waals surface area contributed by atoms with E-state index in [-0.39, 0.29) is 23.7 Å². The zero-order chi connectivity index (χ0) is 23.4. The second-order valence-corrected chi connectivity index (χ2v) is 8.06. The summed E-state index contributed by atoms with van der Waals surface area (Å²) in [5, 5.41) is 19.1. The largest absolute Gasteiger partial charge is 0.490 e. The Morgan fingerprint density at radius 3 is 2.03 bits per heavy atom. The minimum atomic E-state index is -5.08. The molecule has 2 fully saturated rings. The summed E-state index contributed by atoms with van der Waals surface area (Å²) < 4.78 is 31.7. The number of carboxylic acid groups (broad SMARTS) is 2. The fourth-order valence-corrected chi connectivity index (χ4v) is 4.24. The van der Waals surface area contributed by atoms with Crippen LogP contribution in [-0.2, 0) is 15.1 Å². The molecular formula is C20H26F3N3O5. The number of benzene rings is 1. The topological polar surface area (TPSA) is 110 Å². The van der Waals surface area contributed by atoms with Crippen LogP contribution < -0.4 is 5.32 Å². The molecule has 0 aromatic heterocycles. The predicted octanol–water partition coefficient (Wildman–Crippen LogP) is 2.50. The van der Waals surface area contributed by atoms with Crippen LogP contribution in [0.2, 0.25) is 0 Å². The summed E-state index contributed by atoms with van der Waals surface area (Å²) in [7, 11) is 4.21. The summed E-state index contributed by atoms with van der Waals surface area (Å²) in [6, 6.07) is 10.2. The minimum absolute atomic E-state index is 0.0303. The van der Waals surface area contributed by atoms with Crippen molar-refractivity contribution in [2.75, 3.05) is 27.2 Å². The summed E-state index contributed by atoms with van der Waals surface area (Å²) in [5.41, 5.74) is 0.981. The van der Waals surface area contributed by atoms with Crippen LogP contribution in [-0.4, -0.2) is 76.9 Å². The highest BCUT2D eigenvalue weighted by Gasteiger charge is 2.50. The molecule has 2 amide bonds. The molecule has 0 bridgehead atoms. The number of hydrogen-bond acceptors (Lipinski definition) is 4. The average molecular weight is 445 g/mol. The zero-order valence-corrected chi connectivity index (χ0v) is 17.3. The number of nitrogens with zero attached hydrogens (tertiary/aromatic N) is 2. The van der Waals surface area contributed by atoms with Gasteiger partial charge in [0.05, 0.1) is 5.54 Å². The maximum absolute atomic E-state index is 12.1. The molecule has 1 saturated heterocycles. The monoisotopic (exact) mass is 445 g/mol. The van der Waals surface area contributed by atoms with Gasteiger partial charge in [0, 0.05) is 12.1 Å². The molecule has 1 spiro atoms. The van der Waals surface area contributed by atoms with Gasteiger partial charge in [-0.15, -0.1) is 0 Å². The fraction of sp³-hybridized carbons (Fsp3) is 0.550. The molecule has 31 heavy (non-hydrogen) atoms. The van der Waals surface area contributed by atoms with E-state index in [1.165, 1.54) is 10.5 Å². The summed E-state index contributed by atoms with van der Waals surface area (Å²) in [6.07, 6.45) is -1.51. The number of carbonyl (C=O) groups is 3. The highest BCUT2D eigenvalue weighted by Crippen LogP contribution is 2.45. The van der Waals surface area contributed by atoms with Gasteiger partial charge in [0.15, 0.2) is 0 Å². The van der Waals surface area contributed by atoms with E-state index in [1.807, 2.05) is 6.07 Å². The fourth-order valence-electron chi connectivity index (χ4n) is 4.24. The van der Waals surface area contributed by atoms with Crippen molar-refractivity contribution < 1.29 is 37.8 Å². The van der Waals surface area contributed by atoms with Crippen molar-refractivity contribution in [2.24, 2.45) is 0 Å². The molecule has 1 heterocycles. The summed E-state index contributed by atoms with van der Waals surface area (Å²) in [4.78, 5) is 35.6. The van der Waals surface area contributed by atoms with E-state index >= 15 is 0 Å². The molecule has 1 saturated carbocycles. The molecule has 0 atom stereocenters. The zero-order valence-electron chi connectivity index (χ0n) is 17.3. The van der Waals surface area contributed by atoms with E-state index in [2.05, 4.69) is 48.6 Å². The molecule has 8 nitrogen and oxygen atoms in total. The SMILES string of the molecule is CN(C)[C@]1(c2ccccc2)CC[C@@]2(CC1)CN(CC(=O)O)C(=O)N2.O=C(O)C(F)(F)F. The third-order valence-corrected chi connectivity index (χ3v) is 5.92. The molecule has 1 aliphatic carbocycles. The summed E-state index contributed by atoms with van der Waals surface area (Å²) in [6.45, 7) is 0.252. The van der Waals surface area contributed by atoms with E-state index in [9.17, 15) is 22.8 Å². The second-order valence-electron chi connectivity index (χ2n) is 8.06. The maximum atomic E-state index is 12.1. The smallest absolute Gasteiger partial charge is 0.480 e. The minimum Gasteiger partial charge on any atom is -0.480 e. The van der Waals surface area contributed by atoms with Gasteiger partial charge in [-0.05, 0) is 45.3 Å². The molecular weight excluding hydrogens is 419 g/mol. The number of urea groups is 1. The molecule has 3 N–H and O–H groups in total. The Balaban J connectivity index is 0.000000423. The number of hydrogen-bond donors (Lipinski definition) is 3. The van der Waals surface area contributed by atoms with Crippen molar-refractivity contribution >= 4 is 18.0 Å². The van der Waals surface area contributed by atoms with Crippen LogP contribution in [0.15, 0.2) is 30.3 Å². The van der Waals surface area contributed by atoms with Crippen molar-refractivity contribution in [2.45, 2.75) is 42.9 Å². The summed E-state index contributed by atoms with van der Waals surface area (Å²) >= 11 is 0. The van der Waals surface area contributed by atoms with Gasteiger partial charge in [-0.1, -0.05) is 30.3 Å². The number of carboxylic acids is 2. The van der Waals surface area contributed by atoms with Crippen LogP contribution >= 0.6 is 0 Å². The van der Waals surface area contributed by atoms with Gasteiger partial charge in [0.25, 0.3) is 0 Å². The second kappa shape index (κ2) is 9.13. The van der Waals surface area contributed by atoms with E-state index < -0.39 is 18.1 Å².